The summed E-state index contributed by atoms with van der Waals surface area (Å²) in [5.74, 6) is -0.0818. The van der Waals surface area contributed by atoms with Gasteiger partial charge in [0.15, 0.2) is 0 Å². The number of carbonyl (C=O) groups is 1. The van der Waals surface area contributed by atoms with Crippen molar-refractivity contribution in [3.63, 3.8) is 0 Å². The van der Waals surface area contributed by atoms with E-state index in [4.69, 9.17) is 16.7 Å². The molecular weight excluding hydrogens is 322 g/mol. The Bertz CT molecular complexity index is 841. The molecule has 24 heavy (non-hydrogen) atoms. The fourth-order valence-electron chi connectivity index (χ4n) is 3.95. The minimum Gasteiger partial charge on any atom is -0.478 e. The van der Waals surface area contributed by atoms with Crippen molar-refractivity contribution in [3.05, 3.63) is 75.8 Å². The lowest BCUT2D eigenvalue weighted by Gasteiger charge is -2.38. The molecule has 0 aromatic heterocycles. The average molecular weight is 340 g/mol. The van der Waals surface area contributed by atoms with Crippen LogP contribution in [0.5, 0.6) is 0 Å². The molecule has 3 atom stereocenters. The van der Waals surface area contributed by atoms with Gasteiger partial charge in [-0.05, 0) is 54.2 Å². The summed E-state index contributed by atoms with van der Waals surface area (Å²) in [5.41, 5.74) is 4.91. The first-order valence-corrected chi connectivity index (χ1v) is 8.49. The van der Waals surface area contributed by atoms with E-state index in [1.165, 1.54) is 5.56 Å². The molecule has 2 aliphatic rings. The number of carboxylic acids is 1. The molecule has 0 spiro atoms. The predicted molar refractivity (Wildman–Crippen MR) is 95.9 cm³/mol. The number of benzene rings is 2. The molecule has 0 unspecified atom stereocenters. The summed E-state index contributed by atoms with van der Waals surface area (Å²) in [7, 11) is 0. The number of hydrogen-bond donors (Lipinski definition) is 2. The highest BCUT2D eigenvalue weighted by molar-refractivity contribution is 6.31. The van der Waals surface area contributed by atoms with Crippen molar-refractivity contribution in [1.82, 2.24) is 0 Å². The van der Waals surface area contributed by atoms with Crippen molar-refractivity contribution in [2.45, 2.75) is 25.3 Å². The molecule has 0 saturated heterocycles. The summed E-state index contributed by atoms with van der Waals surface area (Å²) in [6, 6.07) is 11.4. The van der Waals surface area contributed by atoms with E-state index in [1.807, 2.05) is 25.1 Å². The summed E-state index contributed by atoms with van der Waals surface area (Å²) >= 11 is 6.31. The second-order valence-corrected chi connectivity index (χ2v) is 6.95. The lowest BCUT2D eigenvalue weighted by Crippen LogP contribution is -2.29. The van der Waals surface area contributed by atoms with Gasteiger partial charge < -0.3 is 10.4 Å². The van der Waals surface area contributed by atoms with Crippen molar-refractivity contribution >= 4 is 23.3 Å². The summed E-state index contributed by atoms with van der Waals surface area (Å²) < 4.78 is 0. The Hall–Kier alpha value is -2.26. The van der Waals surface area contributed by atoms with Gasteiger partial charge >= 0.3 is 5.97 Å². The molecule has 0 amide bonds. The van der Waals surface area contributed by atoms with E-state index in [0.717, 1.165) is 28.3 Å². The second-order valence-electron chi connectivity index (χ2n) is 6.54. The minimum atomic E-state index is -0.897. The van der Waals surface area contributed by atoms with Gasteiger partial charge in [0.05, 0.1) is 11.6 Å². The summed E-state index contributed by atoms with van der Waals surface area (Å²) in [6.45, 7) is 2.04. The van der Waals surface area contributed by atoms with Crippen LogP contribution >= 0.6 is 11.6 Å². The first kappa shape index (κ1) is 15.3. The van der Waals surface area contributed by atoms with Gasteiger partial charge in [-0.2, -0.15) is 0 Å². The van der Waals surface area contributed by atoms with Crippen molar-refractivity contribution in [2.24, 2.45) is 5.92 Å². The molecule has 1 aliphatic carbocycles. The monoisotopic (exact) mass is 339 g/mol. The molecule has 0 saturated carbocycles. The van der Waals surface area contributed by atoms with Crippen LogP contribution in [0.2, 0.25) is 5.02 Å². The van der Waals surface area contributed by atoms with Crippen LogP contribution in [0.3, 0.4) is 0 Å². The Balaban J connectivity index is 1.77. The fourth-order valence-corrected chi connectivity index (χ4v) is 4.11. The lowest BCUT2D eigenvalue weighted by atomic mass is 9.76. The molecule has 0 fully saturated rings. The van der Waals surface area contributed by atoms with Crippen molar-refractivity contribution in [1.29, 1.82) is 0 Å². The van der Waals surface area contributed by atoms with E-state index in [0.29, 0.717) is 17.4 Å². The average Bonchev–Trinajstić information content (AvgIpc) is 3.07. The van der Waals surface area contributed by atoms with Gasteiger partial charge in [0.25, 0.3) is 0 Å². The van der Waals surface area contributed by atoms with Crippen LogP contribution < -0.4 is 5.32 Å². The van der Waals surface area contributed by atoms with Crippen LogP contribution in [0.25, 0.3) is 0 Å². The molecule has 0 radical (unpaired) electrons. The largest absolute Gasteiger partial charge is 0.478 e. The normalized spacial score (nSPS) is 24.2. The van der Waals surface area contributed by atoms with Crippen LogP contribution in [-0.4, -0.2) is 11.1 Å². The number of allylic oxidation sites excluding steroid dienone is 2. The Kier molecular flexibility index (Phi) is 3.61. The van der Waals surface area contributed by atoms with Gasteiger partial charge in [-0.25, -0.2) is 4.79 Å². The third-order valence-electron chi connectivity index (χ3n) is 5.25. The first-order valence-electron chi connectivity index (χ1n) is 8.11. The third kappa shape index (κ3) is 2.31. The van der Waals surface area contributed by atoms with E-state index in [1.54, 1.807) is 12.1 Å². The zero-order valence-electron chi connectivity index (χ0n) is 13.3. The van der Waals surface area contributed by atoms with Gasteiger partial charge in [0.1, 0.15) is 0 Å². The fraction of sp³-hybridized carbons (Fsp3) is 0.250. The van der Waals surface area contributed by atoms with Crippen LogP contribution in [0.15, 0.2) is 48.6 Å². The quantitative estimate of drug-likeness (QED) is 0.742. The molecule has 1 heterocycles. The van der Waals surface area contributed by atoms with Crippen LogP contribution in [0.1, 0.15) is 45.4 Å². The number of halogens is 1. The number of aromatic carboxylic acids is 1. The van der Waals surface area contributed by atoms with Gasteiger partial charge in [0.2, 0.25) is 0 Å². The molecule has 3 nitrogen and oxygen atoms in total. The smallest absolute Gasteiger partial charge is 0.335 e. The Morgan fingerprint density at radius 3 is 2.67 bits per heavy atom. The Morgan fingerprint density at radius 1 is 1.21 bits per heavy atom. The lowest BCUT2D eigenvalue weighted by molar-refractivity contribution is 0.0697. The SMILES string of the molecule is Cc1c(Cl)ccc2c1N[C@H](c1ccc(C(=O)O)cc1)[C@H]1CC=C[C@@H]21. The van der Waals surface area contributed by atoms with E-state index >= 15 is 0 Å². The van der Waals surface area contributed by atoms with Crippen LogP contribution in [0.4, 0.5) is 5.69 Å². The molecule has 4 heteroatoms. The minimum absolute atomic E-state index is 0.150. The highest BCUT2D eigenvalue weighted by Gasteiger charge is 2.38. The molecule has 2 aromatic rings. The number of hydrogen-bond acceptors (Lipinski definition) is 2. The van der Waals surface area contributed by atoms with E-state index in [2.05, 4.69) is 23.5 Å². The number of carboxylic acid groups (broad SMARTS) is 1. The number of rotatable bonds is 2. The maximum atomic E-state index is 11.1. The van der Waals surface area contributed by atoms with E-state index < -0.39 is 5.97 Å². The standard InChI is InChI=1S/C20H18ClNO2/c1-11-17(21)10-9-16-14-3-2-4-15(14)19(22-18(11)16)12-5-7-13(8-6-12)20(23)24/h2-3,5-10,14-15,19,22H,4H2,1H3,(H,23,24)/t14-,15+,19-/m1/s1. The van der Waals surface area contributed by atoms with Crippen molar-refractivity contribution < 1.29 is 9.90 Å². The molecule has 0 bridgehead atoms. The molecule has 4 rings (SSSR count). The van der Waals surface area contributed by atoms with Crippen molar-refractivity contribution in [3.8, 4) is 0 Å². The zero-order chi connectivity index (χ0) is 16.8. The first-order chi connectivity index (χ1) is 11.6. The number of anilines is 1. The summed E-state index contributed by atoms with van der Waals surface area (Å²) in [4.78, 5) is 11.1. The van der Waals surface area contributed by atoms with Gasteiger partial charge in [-0.15, -0.1) is 0 Å². The zero-order valence-corrected chi connectivity index (χ0v) is 14.0. The van der Waals surface area contributed by atoms with Gasteiger partial charge in [-0.3, -0.25) is 0 Å². The van der Waals surface area contributed by atoms with E-state index in [9.17, 15) is 4.79 Å². The number of fused-ring (bicyclic) bond motifs is 3. The highest BCUT2D eigenvalue weighted by Crippen LogP contribution is 2.51. The topological polar surface area (TPSA) is 49.3 Å². The van der Waals surface area contributed by atoms with Gasteiger partial charge in [0, 0.05) is 16.6 Å². The number of nitrogens with one attached hydrogen (secondary N) is 1. The maximum Gasteiger partial charge on any atom is 0.335 e. The Labute approximate surface area is 146 Å². The second kappa shape index (κ2) is 5.67. The van der Waals surface area contributed by atoms with Crippen LogP contribution in [-0.2, 0) is 0 Å². The third-order valence-corrected chi connectivity index (χ3v) is 5.66. The van der Waals surface area contributed by atoms with E-state index in [-0.39, 0.29) is 6.04 Å². The van der Waals surface area contributed by atoms with Crippen LogP contribution in [0, 0.1) is 12.8 Å². The molecule has 2 aromatic carbocycles. The molecule has 1 aliphatic heterocycles. The van der Waals surface area contributed by atoms with Crippen molar-refractivity contribution in [2.75, 3.05) is 5.32 Å². The molecular formula is C20H18ClNO2. The summed E-state index contributed by atoms with van der Waals surface area (Å²) in [6.07, 6.45) is 5.55. The predicted octanol–water partition coefficient (Wildman–Crippen LogP) is 5.17. The molecule has 2 N–H and O–H groups in total. The van der Waals surface area contributed by atoms with Gasteiger partial charge in [-0.1, -0.05) is 42.0 Å². The maximum absolute atomic E-state index is 11.1. The molecule has 122 valence electrons. The Morgan fingerprint density at radius 2 is 1.96 bits per heavy atom. The highest BCUT2D eigenvalue weighted by atomic mass is 35.5. The summed E-state index contributed by atoms with van der Waals surface area (Å²) in [5, 5.41) is 13.5.